The quantitative estimate of drug-likeness (QED) is 0.244. The van der Waals surface area contributed by atoms with E-state index in [-0.39, 0.29) is 34.5 Å². The molecule has 2 saturated heterocycles. The molecule has 3 unspecified atom stereocenters. The zero-order valence-electron chi connectivity index (χ0n) is 25.6. The number of rotatable bonds is 3. The Kier molecular flexibility index (Phi) is 6.38. The second-order valence-corrected chi connectivity index (χ2v) is 13.4. The van der Waals surface area contributed by atoms with Crippen LogP contribution < -0.4 is 20.7 Å². The van der Waals surface area contributed by atoms with Gasteiger partial charge in [-0.15, -0.1) is 0 Å². The molecule has 0 radical (unpaired) electrons. The van der Waals surface area contributed by atoms with Gasteiger partial charge in [0, 0.05) is 66.0 Å². The van der Waals surface area contributed by atoms with E-state index in [2.05, 4.69) is 15.2 Å². The molecule has 0 aliphatic carbocycles. The maximum absolute atomic E-state index is 17.6. The number of benzene rings is 2. The molecule has 3 aromatic heterocycles. The first-order valence-corrected chi connectivity index (χ1v) is 15.9. The lowest BCUT2D eigenvalue weighted by Gasteiger charge is -2.49. The Balaban J connectivity index is 1.53. The summed E-state index contributed by atoms with van der Waals surface area (Å²) in [5.41, 5.74) is 3.59. The third kappa shape index (κ3) is 4.10. The number of phenolic OH excluding ortho intramolecular Hbond substituents is 1. The van der Waals surface area contributed by atoms with Crippen LogP contribution in [0, 0.1) is 12.7 Å². The molecule has 230 valence electrons. The molecule has 8 nitrogen and oxygen atoms in total. The van der Waals surface area contributed by atoms with Crippen LogP contribution in [-0.2, 0) is 0 Å². The second-order valence-electron chi connectivity index (χ2n) is 13.0. The van der Waals surface area contributed by atoms with Gasteiger partial charge in [-0.25, -0.2) is 4.39 Å². The number of hydrogen-bond acceptors (Lipinski definition) is 7. The van der Waals surface area contributed by atoms with Crippen LogP contribution in [0.25, 0.3) is 38.6 Å². The Labute approximate surface area is 265 Å². The van der Waals surface area contributed by atoms with Crippen molar-refractivity contribution < 1.29 is 9.50 Å². The van der Waals surface area contributed by atoms with E-state index in [0.717, 1.165) is 30.6 Å². The normalized spacial score (nSPS) is 20.7. The van der Waals surface area contributed by atoms with Gasteiger partial charge in [0.05, 0.1) is 28.6 Å². The molecular weight excluding hydrogens is 591 g/mol. The summed E-state index contributed by atoms with van der Waals surface area (Å²) in [5, 5.41) is 16.6. The summed E-state index contributed by atoms with van der Waals surface area (Å²) in [4.78, 5) is 28.7. The number of fused-ring (bicyclic) bond motifs is 9. The van der Waals surface area contributed by atoms with Gasteiger partial charge in [-0.3, -0.25) is 19.3 Å². The van der Waals surface area contributed by atoms with Crippen LogP contribution in [-0.4, -0.2) is 57.9 Å². The molecule has 0 spiro atoms. The summed E-state index contributed by atoms with van der Waals surface area (Å²) >= 11 is 6.67. The molecule has 2 bridgehead atoms. The van der Waals surface area contributed by atoms with Gasteiger partial charge in [0.1, 0.15) is 17.1 Å². The van der Waals surface area contributed by atoms with Crippen molar-refractivity contribution in [1.82, 2.24) is 19.9 Å². The summed E-state index contributed by atoms with van der Waals surface area (Å²) in [5.74, 6) is -0.711. The first kappa shape index (κ1) is 28.3. The number of piperazine rings is 1. The summed E-state index contributed by atoms with van der Waals surface area (Å²) in [6, 6.07) is 11.0. The zero-order chi connectivity index (χ0) is 31.3. The lowest BCUT2D eigenvalue weighted by Crippen LogP contribution is -2.64. The van der Waals surface area contributed by atoms with Gasteiger partial charge in [-0.05, 0) is 60.9 Å². The first-order valence-electron chi connectivity index (χ1n) is 15.5. The number of nitrogens with one attached hydrogen (secondary N) is 1. The number of aromatic nitrogens is 3. The highest BCUT2D eigenvalue weighted by Crippen LogP contribution is 2.46. The van der Waals surface area contributed by atoms with Crippen molar-refractivity contribution in [2.24, 2.45) is 0 Å². The highest BCUT2D eigenvalue weighted by atomic mass is 35.5. The van der Waals surface area contributed by atoms with E-state index >= 15 is 4.39 Å². The monoisotopic (exact) mass is 624 g/mol. The molecule has 0 amide bonds. The summed E-state index contributed by atoms with van der Waals surface area (Å²) in [6.45, 7) is 7.39. The third-order valence-corrected chi connectivity index (χ3v) is 10.2. The van der Waals surface area contributed by atoms with Gasteiger partial charge in [-0.2, -0.15) is 0 Å². The first-order chi connectivity index (χ1) is 21.6. The topological polar surface area (TPSA) is 86.5 Å². The van der Waals surface area contributed by atoms with Crippen molar-refractivity contribution in [1.29, 1.82) is 0 Å². The van der Waals surface area contributed by atoms with Crippen molar-refractivity contribution >= 4 is 44.7 Å². The van der Waals surface area contributed by atoms with Crippen LogP contribution >= 0.6 is 11.6 Å². The number of hydrogen-bond donors (Lipinski definition) is 2. The lowest BCUT2D eigenvalue weighted by atomic mass is 9.96. The highest BCUT2D eigenvalue weighted by molar-refractivity contribution is 6.36. The molecule has 2 fully saturated rings. The van der Waals surface area contributed by atoms with Crippen molar-refractivity contribution in [2.45, 2.75) is 57.7 Å². The molecule has 3 aliphatic rings. The Morgan fingerprint density at radius 1 is 1.09 bits per heavy atom. The number of pyridine rings is 3. The van der Waals surface area contributed by atoms with E-state index in [0.29, 0.717) is 62.4 Å². The molecule has 8 rings (SSSR count). The fourth-order valence-corrected chi connectivity index (χ4v) is 8.21. The minimum Gasteiger partial charge on any atom is -0.508 e. The Morgan fingerprint density at radius 2 is 1.91 bits per heavy atom. The Bertz CT molecular complexity index is 2110. The van der Waals surface area contributed by atoms with Crippen LogP contribution in [0.5, 0.6) is 5.75 Å². The van der Waals surface area contributed by atoms with E-state index in [1.165, 1.54) is 10.6 Å². The number of aromatic hydroxyl groups is 1. The van der Waals surface area contributed by atoms with Crippen LogP contribution in [0.3, 0.4) is 0 Å². The van der Waals surface area contributed by atoms with Crippen molar-refractivity contribution in [3.05, 3.63) is 81.2 Å². The molecule has 2 N–H and O–H groups in total. The maximum atomic E-state index is 17.6. The largest absolute Gasteiger partial charge is 0.508 e. The molecule has 3 atom stereocenters. The second kappa shape index (κ2) is 10.2. The van der Waals surface area contributed by atoms with Crippen LogP contribution in [0.4, 0.5) is 15.8 Å². The summed E-state index contributed by atoms with van der Waals surface area (Å²) < 4.78 is 19.1. The summed E-state index contributed by atoms with van der Waals surface area (Å²) in [6.07, 6.45) is 5.56. The van der Waals surface area contributed by atoms with Crippen LogP contribution in [0.2, 0.25) is 5.02 Å². The molecule has 45 heavy (non-hydrogen) atoms. The molecule has 0 saturated carbocycles. The van der Waals surface area contributed by atoms with E-state index in [1.807, 2.05) is 44.9 Å². The van der Waals surface area contributed by atoms with Gasteiger partial charge >= 0.3 is 0 Å². The van der Waals surface area contributed by atoms with E-state index in [4.69, 9.17) is 16.6 Å². The average Bonchev–Trinajstić information content (AvgIpc) is 3.39. The van der Waals surface area contributed by atoms with Crippen molar-refractivity contribution in [3.63, 3.8) is 0 Å². The number of likely N-dealkylation sites (N-methyl/N-ethyl adjacent to an activating group) is 1. The van der Waals surface area contributed by atoms with Crippen molar-refractivity contribution in [3.8, 4) is 22.7 Å². The van der Waals surface area contributed by atoms with Crippen molar-refractivity contribution in [2.75, 3.05) is 29.9 Å². The van der Waals surface area contributed by atoms with Crippen LogP contribution in [0.15, 0.2) is 53.6 Å². The molecule has 2 aromatic carbocycles. The highest BCUT2D eigenvalue weighted by Gasteiger charge is 2.46. The SMILES string of the molecule is Cc1ccnc(C(C)C)c1-n1c(=O)c2c(c3cnc(-c4cc(O)cc5cccc(Cl)c45)c(F)c31)N1CC3CCC(N3)C1CN2C. The zero-order valence-corrected chi connectivity index (χ0v) is 26.4. The van der Waals surface area contributed by atoms with Crippen LogP contribution in [0.1, 0.15) is 43.9 Å². The third-order valence-electron chi connectivity index (χ3n) is 9.88. The van der Waals surface area contributed by atoms with Gasteiger partial charge < -0.3 is 20.2 Å². The lowest BCUT2D eigenvalue weighted by molar-refractivity contribution is 0.372. The van der Waals surface area contributed by atoms with E-state index < -0.39 is 5.82 Å². The predicted octanol–water partition coefficient (Wildman–Crippen LogP) is 6.29. The molecular formula is C35H34ClFN6O2. The molecule has 10 heteroatoms. The van der Waals surface area contributed by atoms with Gasteiger partial charge in [0.2, 0.25) is 0 Å². The average molecular weight is 625 g/mol. The Morgan fingerprint density at radius 3 is 2.71 bits per heavy atom. The fraction of sp³-hybridized carbons (Fsp3) is 0.343. The van der Waals surface area contributed by atoms with Gasteiger partial charge in [0.15, 0.2) is 5.82 Å². The minimum atomic E-state index is -0.653. The molecule has 5 aromatic rings. The van der Waals surface area contributed by atoms with Gasteiger partial charge in [0.25, 0.3) is 5.56 Å². The number of anilines is 2. The molecule has 6 heterocycles. The number of halogens is 2. The Hall–Kier alpha value is -4.21. The maximum Gasteiger partial charge on any atom is 0.281 e. The smallest absolute Gasteiger partial charge is 0.281 e. The van der Waals surface area contributed by atoms with E-state index in [1.54, 1.807) is 30.6 Å². The number of nitrogens with zero attached hydrogens (tertiary/aromatic N) is 5. The molecule has 3 aliphatic heterocycles. The van der Waals surface area contributed by atoms with Gasteiger partial charge in [-0.1, -0.05) is 37.6 Å². The summed E-state index contributed by atoms with van der Waals surface area (Å²) in [7, 11) is 1.95. The predicted molar refractivity (Wildman–Crippen MR) is 178 cm³/mol. The fourth-order valence-electron chi connectivity index (χ4n) is 7.92. The standard InChI is InChI=1S/C35H34ClFN6O2/c1-17(2)29-31(18(3)10-11-38-29)43-32-23(33-34(35(43)45)41(4)16-26-25-9-8-20(40-25)15-42(26)33)14-39-30(28(32)37)22-13-21(44)12-19-6-5-7-24(36)27(19)22/h5-7,10-14,17,20,25-26,40,44H,8-9,15-16H2,1-4H3. The number of aryl methyl sites for hydroxylation is 1. The number of phenols is 1. The minimum absolute atomic E-state index is 0.0123. The van der Waals surface area contributed by atoms with E-state index in [9.17, 15) is 9.90 Å².